The summed E-state index contributed by atoms with van der Waals surface area (Å²) in [6.07, 6.45) is 8.17. The number of hydrogen-bond donors (Lipinski definition) is 1. The fourth-order valence-electron chi connectivity index (χ4n) is 6.25. The van der Waals surface area contributed by atoms with E-state index in [4.69, 9.17) is 0 Å². The fourth-order valence-corrected chi connectivity index (χ4v) is 6.25. The lowest BCUT2D eigenvalue weighted by Crippen LogP contribution is -2.52. The molecule has 0 spiro atoms. The van der Waals surface area contributed by atoms with Crippen LogP contribution in [0.4, 0.5) is 11.4 Å². The average molecular weight is 408 g/mol. The zero-order valence-corrected chi connectivity index (χ0v) is 16.8. The molecule has 4 aliphatic rings. The quantitative estimate of drug-likeness (QED) is 0.454. The summed E-state index contributed by atoms with van der Waals surface area (Å²) < 4.78 is 1.73. The first-order valence-electron chi connectivity index (χ1n) is 10.5. The molecule has 4 aliphatic carbocycles. The van der Waals surface area contributed by atoms with E-state index < -0.39 is 10.8 Å². The van der Waals surface area contributed by atoms with E-state index in [0.29, 0.717) is 29.0 Å². The van der Waals surface area contributed by atoms with Crippen molar-refractivity contribution in [1.82, 2.24) is 9.78 Å². The van der Waals surface area contributed by atoms with Crippen LogP contribution in [-0.4, -0.2) is 26.4 Å². The molecule has 0 radical (unpaired) electrons. The van der Waals surface area contributed by atoms with Gasteiger partial charge in [0, 0.05) is 11.3 Å². The number of nitrogens with zero attached hydrogens (tertiary/aromatic N) is 3. The van der Waals surface area contributed by atoms with Gasteiger partial charge in [0.15, 0.2) is 5.78 Å². The minimum Gasteiger partial charge on any atom is -0.320 e. The Balaban J connectivity index is 1.46. The Morgan fingerprint density at radius 1 is 1.17 bits per heavy atom. The summed E-state index contributed by atoms with van der Waals surface area (Å²) in [5.74, 6) is 1.22. The van der Waals surface area contributed by atoms with Crippen molar-refractivity contribution in [3.63, 3.8) is 0 Å². The van der Waals surface area contributed by atoms with Crippen LogP contribution in [0.15, 0.2) is 30.5 Å². The highest BCUT2D eigenvalue weighted by atomic mass is 16.6. The van der Waals surface area contributed by atoms with Crippen molar-refractivity contribution < 1.29 is 14.5 Å². The van der Waals surface area contributed by atoms with Crippen LogP contribution in [0.3, 0.4) is 0 Å². The molecule has 4 saturated carbocycles. The third-order valence-electron chi connectivity index (χ3n) is 7.13. The molecule has 1 aromatic carbocycles. The van der Waals surface area contributed by atoms with E-state index in [9.17, 15) is 19.7 Å². The Bertz CT molecular complexity index is 1020. The summed E-state index contributed by atoms with van der Waals surface area (Å²) in [7, 11) is 0. The monoisotopic (exact) mass is 408 g/mol. The zero-order valence-electron chi connectivity index (χ0n) is 16.8. The van der Waals surface area contributed by atoms with Gasteiger partial charge in [-0.05, 0) is 75.3 Å². The number of amides is 1. The summed E-state index contributed by atoms with van der Waals surface area (Å²) >= 11 is 0. The van der Waals surface area contributed by atoms with Gasteiger partial charge in [-0.3, -0.25) is 24.4 Å². The standard InChI is InChI=1S/C22H24N4O4/c1-13(27)17-3-2-4-18(8-17)23-21(28)20-19(26(29)30)12-25(24-20)22-9-14-5-15(10-22)7-16(6-14)11-22/h2-4,8,12,14-16H,5-7,9-11H2,1H3,(H,23,28). The predicted octanol–water partition coefficient (Wildman–Crippen LogP) is 4.17. The molecule has 4 fully saturated rings. The van der Waals surface area contributed by atoms with Crippen LogP contribution in [0.5, 0.6) is 0 Å². The van der Waals surface area contributed by atoms with Gasteiger partial charge in [0.2, 0.25) is 5.69 Å². The molecule has 0 aliphatic heterocycles. The van der Waals surface area contributed by atoms with E-state index in [1.54, 1.807) is 28.9 Å². The lowest BCUT2D eigenvalue weighted by atomic mass is 9.53. The molecule has 0 saturated heterocycles. The Kier molecular flexibility index (Phi) is 4.27. The summed E-state index contributed by atoms with van der Waals surface area (Å²) in [6, 6.07) is 6.52. The second kappa shape index (κ2) is 6.75. The largest absolute Gasteiger partial charge is 0.320 e. The number of carbonyl (C=O) groups is 2. The third kappa shape index (κ3) is 3.11. The van der Waals surface area contributed by atoms with Gasteiger partial charge in [0.1, 0.15) is 6.20 Å². The highest BCUT2D eigenvalue weighted by Gasteiger charge is 2.53. The van der Waals surface area contributed by atoms with E-state index in [0.717, 1.165) is 19.3 Å². The van der Waals surface area contributed by atoms with Crippen LogP contribution in [0, 0.1) is 27.9 Å². The van der Waals surface area contributed by atoms with Crippen molar-refractivity contribution in [1.29, 1.82) is 0 Å². The van der Waals surface area contributed by atoms with Crippen LogP contribution in [-0.2, 0) is 5.54 Å². The maximum atomic E-state index is 12.9. The van der Waals surface area contributed by atoms with Crippen molar-refractivity contribution in [3.8, 4) is 0 Å². The van der Waals surface area contributed by atoms with Gasteiger partial charge >= 0.3 is 5.69 Å². The van der Waals surface area contributed by atoms with Gasteiger partial charge in [-0.1, -0.05) is 12.1 Å². The normalized spacial score (nSPS) is 29.0. The average Bonchev–Trinajstić information content (AvgIpc) is 3.14. The SMILES string of the molecule is CC(=O)c1cccc(NC(=O)c2nn(C34CC5CC(CC(C5)C3)C4)cc2[N+](=O)[O-])c1. The number of benzene rings is 1. The van der Waals surface area contributed by atoms with Crippen molar-refractivity contribution in [2.24, 2.45) is 17.8 Å². The molecule has 156 valence electrons. The minimum absolute atomic E-state index is 0.122. The van der Waals surface area contributed by atoms with Gasteiger partial charge in [0.05, 0.1) is 10.5 Å². The molecule has 6 rings (SSSR count). The minimum atomic E-state index is -0.633. The zero-order chi connectivity index (χ0) is 21.0. The van der Waals surface area contributed by atoms with Gasteiger partial charge < -0.3 is 5.32 Å². The summed E-state index contributed by atoms with van der Waals surface area (Å²) in [4.78, 5) is 35.6. The Morgan fingerprint density at radius 2 is 1.80 bits per heavy atom. The molecule has 4 bridgehead atoms. The molecule has 30 heavy (non-hydrogen) atoms. The molecule has 0 atom stereocenters. The molecular formula is C22H24N4O4. The maximum Gasteiger partial charge on any atom is 0.320 e. The molecule has 1 heterocycles. The Hall–Kier alpha value is -3.03. The van der Waals surface area contributed by atoms with Gasteiger partial charge in [0.25, 0.3) is 5.91 Å². The van der Waals surface area contributed by atoms with E-state index in [2.05, 4.69) is 10.4 Å². The maximum absolute atomic E-state index is 12.9. The summed E-state index contributed by atoms with van der Waals surface area (Å²) in [5.41, 5.74) is 0.217. The number of anilines is 1. The van der Waals surface area contributed by atoms with Gasteiger partial charge in [-0.25, -0.2) is 0 Å². The smallest absolute Gasteiger partial charge is 0.320 e. The fraction of sp³-hybridized carbons (Fsp3) is 0.500. The lowest BCUT2D eigenvalue weighted by Gasteiger charge is -2.56. The van der Waals surface area contributed by atoms with Crippen LogP contribution in [0.2, 0.25) is 0 Å². The number of nitrogens with one attached hydrogen (secondary N) is 1. The Labute approximate surface area is 173 Å². The number of ketones is 1. The highest BCUT2D eigenvalue weighted by molar-refractivity contribution is 6.06. The predicted molar refractivity (Wildman–Crippen MR) is 109 cm³/mol. The third-order valence-corrected chi connectivity index (χ3v) is 7.13. The van der Waals surface area contributed by atoms with Crippen LogP contribution < -0.4 is 5.32 Å². The first kappa shape index (κ1) is 19.0. The molecule has 8 nitrogen and oxygen atoms in total. The lowest BCUT2D eigenvalue weighted by molar-refractivity contribution is -0.385. The van der Waals surface area contributed by atoms with Crippen LogP contribution in [0.25, 0.3) is 0 Å². The molecule has 0 unspecified atom stereocenters. The highest BCUT2D eigenvalue weighted by Crippen LogP contribution is 2.58. The van der Waals surface area contributed by atoms with Gasteiger partial charge in [-0.2, -0.15) is 5.10 Å². The molecular weight excluding hydrogens is 384 g/mol. The number of rotatable bonds is 5. The van der Waals surface area contributed by atoms with E-state index >= 15 is 0 Å². The van der Waals surface area contributed by atoms with E-state index in [-0.39, 0.29) is 22.7 Å². The number of nitro groups is 1. The number of hydrogen-bond acceptors (Lipinski definition) is 5. The Morgan fingerprint density at radius 3 is 2.37 bits per heavy atom. The van der Waals surface area contributed by atoms with Crippen molar-refractivity contribution >= 4 is 23.1 Å². The molecule has 1 N–H and O–H groups in total. The van der Waals surface area contributed by atoms with E-state index in [1.807, 2.05) is 0 Å². The molecule has 8 heteroatoms. The van der Waals surface area contributed by atoms with Crippen molar-refractivity contribution in [3.05, 3.63) is 51.8 Å². The van der Waals surface area contributed by atoms with Crippen molar-refractivity contribution in [2.45, 2.75) is 51.0 Å². The second-order valence-electron chi connectivity index (χ2n) is 9.30. The van der Waals surface area contributed by atoms with E-state index in [1.165, 1.54) is 32.4 Å². The summed E-state index contributed by atoms with van der Waals surface area (Å²) in [6.45, 7) is 1.44. The number of Topliss-reactive ketones (excluding diaryl/α,β-unsaturated/α-hetero) is 1. The molecule has 1 aromatic heterocycles. The first-order valence-corrected chi connectivity index (χ1v) is 10.5. The topological polar surface area (TPSA) is 107 Å². The molecule has 2 aromatic rings. The van der Waals surface area contributed by atoms with Gasteiger partial charge in [-0.15, -0.1) is 0 Å². The molecule has 1 amide bonds. The summed E-state index contributed by atoms with van der Waals surface area (Å²) in [5, 5.41) is 18.8. The van der Waals surface area contributed by atoms with Crippen molar-refractivity contribution in [2.75, 3.05) is 5.32 Å². The number of carbonyl (C=O) groups excluding carboxylic acids is 2. The second-order valence-corrected chi connectivity index (χ2v) is 9.30. The van der Waals surface area contributed by atoms with Crippen LogP contribution in [0.1, 0.15) is 66.3 Å². The number of aromatic nitrogens is 2. The first-order chi connectivity index (χ1) is 14.3. The van der Waals surface area contributed by atoms with Crippen LogP contribution >= 0.6 is 0 Å².